The number of nitrogens with one attached hydrogen (secondary N) is 1. The predicted octanol–water partition coefficient (Wildman–Crippen LogP) is 1.05. The first-order chi connectivity index (χ1) is 6.06. The zero-order chi connectivity index (χ0) is 10.0. The zero-order valence-corrected chi connectivity index (χ0v) is 6.81. The minimum absolute atomic E-state index is 0.153. The van der Waals surface area contributed by atoms with Crippen molar-refractivity contribution in [2.45, 2.75) is 0 Å². The molecule has 6 nitrogen and oxygen atoms in total. The third-order valence-electron chi connectivity index (χ3n) is 1.56. The molecule has 1 rings (SSSR count). The summed E-state index contributed by atoms with van der Waals surface area (Å²) in [4.78, 5) is 9.77. The second kappa shape index (κ2) is 3.18. The number of aromatic hydroxyl groups is 2. The van der Waals surface area contributed by atoms with E-state index in [1.165, 1.54) is 7.05 Å². The summed E-state index contributed by atoms with van der Waals surface area (Å²) in [5, 5.41) is 31.0. The Morgan fingerprint density at radius 3 is 2.38 bits per heavy atom. The van der Waals surface area contributed by atoms with Gasteiger partial charge in [-0.1, -0.05) is 0 Å². The lowest BCUT2D eigenvalue weighted by Gasteiger charge is -2.03. The molecule has 0 spiro atoms. The van der Waals surface area contributed by atoms with Gasteiger partial charge >= 0.3 is 0 Å². The van der Waals surface area contributed by atoms with E-state index >= 15 is 0 Å². The molecule has 0 aliphatic carbocycles. The van der Waals surface area contributed by atoms with Gasteiger partial charge in [-0.05, 0) is 0 Å². The van der Waals surface area contributed by atoms with Crippen molar-refractivity contribution >= 4 is 11.4 Å². The van der Waals surface area contributed by atoms with E-state index in [-0.39, 0.29) is 11.4 Å². The number of benzene rings is 1. The molecule has 6 heteroatoms. The Hall–Kier alpha value is -1.98. The van der Waals surface area contributed by atoms with Gasteiger partial charge in [-0.15, -0.1) is 0 Å². The maximum absolute atomic E-state index is 10.4. The highest BCUT2D eigenvalue weighted by molar-refractivity contribution is 5.67. The fourth-order valence-corrected chi connectivity index (χ4v) is 0.917. The molecule has 1 aromatic carbocycles. The minimum atomic E-state index is -0.648. The van der Waals surface area contributed by atoms with E-state index in [9.17, 15) is 10.1 Å². The lowest BCUT2D eigenvalue weighted by Crippen LogP contribution is -1.95. The molecule has 0 bridgehead atoms. The van der Waals surface area contributed by atoms with E-state index < -0.39 is 16.4 Å². The number of anilines is 1. The molecule has 0 amide bonds. The molecule has 0 saturated carbocycles. The van der Waals surface area contributed by atoms with Crippen LogP contribution in [-0.2, 0) is 0 Å². The highest BCUT2D eigenvalue weighted by atomic mass is 16.6. The second-order valence-corrected chi connectivity index (χ2v) is 2.37. The molecule has 0 unspecified atom stereocenters. The largest absolute Gasteiger partial charge is 0.504 e. The van der Waals surface area contributed by atoms with Crippen LogP contribution in [0.2, 0.25) is 0 Å². The third-order valence-corrected chi connectivity index (χ3v) is 1.56. The van der Waals surface area contributed by atoms with E-state index in [0.717, 1.165) is 12.1 Å². The van der Waals surface area contributed by atoms with Crippen LogP contribution in [0.4, 0.5) is 11.4 Å². The first kappa shape index (κ1) is 9.11. The number of phenolic OH excluding ortho intramolecular Hbond substituents is 2. The molecule has 0 aliphatic heterocycles. The summed E-state index contributed by atoms with van der Waals surface area (Å²) >= 11 is 0. The van der Waals surface area contributed by atoms with Crippen LogP contribution in [0.25, 0.3) is 0 Å². The first-order valence-corrected chi connectivity index (χ1v) is 3.44. The lowest BCUT2D eigenvalue weighted by atomic mass is 10.2. The van der Waals surface area contributed by atoms with E-state index in [4.69, 9.17) is 10.2 Å². The molecular weight excluding hydrogens is 176 g/mol. The standard InChI is InChI=1S/C7H8N2O4/c1-8-4-2-6(10)7(11)3-5(4)9(12)13/h2-3,8,10-11H,1H3. The maximum atomic E-state index is 10.4. The average Bonchev–Trinajstić information content (AvgIpc) is 2.08. The van der Waals surface area contributed by atoms with Crippen LogP contribution in [0.1, 0.15) is 0 Å². The molecule has 3 N–H and O–H groups in total. The Balaban J connectivity index is 3.33. The molecule has 0 heterocycles. The molecule has 13 heavy (non-hydrogen) atoms. The summed E-state index contributed by atoms with van der Waals surface area (Å²) in [6.45, 7) is 0. The zero-order valence-electron chi connectivity index (χ0n) is 6.81. The van der Waals surface area contributed by atoms with Crippen LogP contribution in [0.15, 0.2) is 12.1 Å². The fourth-order valence-electron chi connectivity index (χ4n) is 0.917. The van der Waals surface area contributed by atoms with Crippen molar-refractivity contribution in [2.75, 3.05) is 12.4 Å². The molecular formula is C7H8N2O4. The third kappa shape index (κ3) is 1.61. The van der Waals surface area contributed by atoms with Crippen LogP contribution in [-0.4, -0.2) is 22.2 Å². The van der Waals surface area contributed by atoms with Crippen molar-refractivity contribution in [3.8, 4) is 11.5 Å². The first-order valence-electron chi connectivity index (χ1n) is 3.44. The molecule has 0 aromatic heterocycles. The smallest absolute Gasteiger partial charge is 0.296 e. The van der Waals surface area contributed by atoms with E-state index in [0.29, 0.717) is 0 Å². The van der Waals surface area contributed by atoms with Crippen LogP contribution < -0.4 is 5.32 Å². The maximum Gasteiger partial charge on any atom is 0.296 e. The number of nitrogens with zero attached hydrogens (tertiary/aromatic N) is 1. The molecule has 0 aliphatic rings. The Morgan fingerprint density at radius 2 is 1.92 bits per heavy atom. The number of nitro groups is 1. The summed E-state index contributed by atoms with van der Waals surface area (Å²) in [6.07, 6.45) is 0. The molecule has 1 aromatic rings. The second-order valence-electron chi connectivity index (χ2n) is 2.37. The van der Waals surface area contributed by atoms with Crippen molar-refractivity contribution in [3.05, 3.63) is 22.2 Å². The number of rotatable bonds is 2. The number of nitro benzene ring substituents is 1. The van der Waals surface area contributed by atoms with Gasteiger partial charge in [-0.25, -0.2) is 0 Å². The summed E-state index contributed by atoms with van der Waals surface area (Å²) in [5.74, 6) is -0.902. The van der Waals surface area contributed by atoms with Gasteiger partial charge in [0.15, 0.2) is 11.5 Å². The van der Waals surface area contributed by atoms with E-state index in [1.54, 1.807) is 0 Å². The van der Waals surface area contributed by atoms with Crippen molar-refractivity contribution in [1.82, 2.24) is 0 Å². The summed E-state index contributed by atoms with van der Waals surface area (Å²) in [7, 11) is 1.48. The Labute approximate surface area is 73.6 Å². The van der Waals surface area contributed by atoms with Crippen LogP contribution >= 0.6 is 0 Å². The summed E-state index contributed by atoms with van der Waals surface area (Å²) in [6, 6.07) is 1.98. The van der Waals surface area contributed by atoms with Gasteiger partial charge in [0.2, 0.25) is 0 Å². The Bertz CT molecular complexity index is 351. The van der Waals surface area contributed by atoms with Gasteiger partial charge in [0.05, 0.1) is 11.0 Å². The van der Waals surface area contributed by atoms with Gasteiger partial charge < -0.3 is 15.5 Å². The average molecular weight is 184 g/mol. The lowest BCUT2D eigenvalue weighted by molar-refractivity contribution is -0.384. The van der Waals surface area contributed by atoms with Crippen molar-refractivity contribution in [3.63, 3.8) is 0 Å². The number of phenols is 2. The topological polar surface area (TPSA) is 95.6 Å². The van der Waals surface area contributed by atoms with Gasteiger partial charge in [0, 0.05) is 13.1 Å². The van der Waals surface area contributed by atoms with Crippen molar-refractivity contribution in [1.29, 1.82) is 0 Å². The van der Waals surface area contributed by atoms with Crippen molar-refractivity contribution < 1.29 is 15.1 Å². The Morgan fingerprint density at radius 1 is 1.38 bits per heavy atom. The van der Waals surface area contributed by atoms with E-state index in [2.05, 4.69) is 5.32 Å². The van der Waals surface area contributed by atoms with Crippen LogP contribution in [0.5, 0.6) is 11.5 Å². The van der Waals surface area contributed by atoms with Crippen LogP contribution in [0, 0.1) is 10.1 Å². The van der Waals surface area contributed by atoms with Crippen LogP contribution in [0.3, 0.4) is 0 Å². The SMILES string of the molecule is CNc1cc(O)c(O)cc1[N+](=O)[O-]. The monoisotopic (exact) mass is 184 g/mol. The highest BCUT2D eigenvalue weighted by Gasteiger charge is 2.16. The molecule has 0 saturated heterocycles. The Kier molecular flexibility index (Phi) is 2.23. The number of hydrogen-bond acceptors (Lipinski definition) is 5. The number of hydrogen-bond donors (Lipinski definition) is 3. The van der Waals surface area contributed by atoms with Crippen molar-refractivity contribution in [2.24, 2.45) is 0 Å². The summed E-state index contributed by atoms with van der Waals surface area (Å²) < 4.78 is 0. The van der Waals surface area contributed by atoms with Gasteiger partial charge in [0.1, 0.15) is 5.69 Å². The summed E-state index contributed by atoms with van der Waals surface area (Å²) in [5.41, 5.74) is -0.127. The van der Waals surface area contributed by atoms with Gasteiger partial charge in [-0.3, -0.25) is 10.1 Å². The van der Waals surface area contributed by atoms with E-state index in [1.807, 2.05) is 0 Å². The molecule has 70 valence electrons. The van der Waals surface area contributed by atoms with Gasteiger partial charge in [0.25, 0.3) is 5.69 Å². The fraction of sp³-hybridized carbons (Fsp3) is 0.143. The quantitative estimate of drug-likeness (QED) is 0.276. The molecule has 0 fully saturated rings. The minimum Gasteiger partial charge on any atom is -0.504 e. The predicted molar refractivity (Wildman–Crippen MR) is 46.0 cm³/mol. The molecule has 0 atom stereocenters. The normalized spacial score (nSPS) is 9.62. The highest BCUT2D eigenvalue weighted by Crippen LogP contribution is 2.35. The molecule has 0 radical (unpaired) electrons. The van der Waals surface area contributed by atoms with Gasteiger partial charge in [-0.2, -0.15) is 0 Å².